The maximum atomic E-state index is 10.2. The Balaban J connectivity index is 0.000000204. The van der Waals surface area contributed by atoms with Gasteiger partial charge in [0.05, 0.1) is 5.56 Å². The van der Waals surface area contributed by atoms with Crippen LogP contribution in [-0.2, 0) is 0 Å². The first-order valence-electron chi connectivity index (χ1n) is 7.23. The molecular formula is C16H25NO3. The molecule has 0 bridgehead atoms. The molecule has 2 rings (SSSR count). The first-order valence-corrected chi connectivity index (χ1v) is 7.23. The number of hydrogen-bond acceptors (Lipinski definition) is 3. The fourth-order valence-corrected chi connectivity index (χ4v) is 2.19. The van der Waals surface area contributed by atoms with E-state index in [-0.39, 0.29) is 6.23 Å². The van der Waals surface area contributed by atoms with Gasteiger partial charge in [0.1, 0.15) is 6.23 Å². The Morgan fingerprint density at radius 1 is 1.10 bits per heavy atom. The van der Waals surface area contributed by atoms with E-state index in [9.17, 15) is 9.90 Å². The van der Waals surface area contributed by atoms with Crippen molar-refractivity contribution in [3.8, 4) is 0 Å². The lowest BCUT2D eigenvalue weighted by Gasteiger charge is -2.33. The molecule has 20 heavy (non-hydrogen) atoms. The number of nitrogens with zero attached hydrogens (tertiary/aromatic N) is 1. The third-order valence-electron chi connectivity index (χ3n) is 3.38. The van der Waals surface area contributed by atoms with Crippen molar-refractivity contribution in [1.82, 2.24) is 4.90 Å². The van der Waals surface area contributed by atoms with E-state index in [1.54, 1.807) is 30.3 Å². The van der Waals surface area contributed by atoms with E-state index in [4.69, 9.17) is 5.11 Å². The molecule has 1 aromatic rings. The lowest BCUT2D eigenvalue weighted by Crippen LogP contribution is -2.41. The van der Waals surface area contributed by atoms with Gasteiger partial charge in [0.15, 0.2) is 0 Å². The monoisotopic (exact) mass is 279 g/mol. The summed E-state index contributed by atoms with van der Waals surface area (Å²) in [7, 11) is 0. The minimum absolute atomic E-state index is 0.213. The van der Waals surface area contributed by atoms with Gasteiger partial charge in [0.2, 0.25) is 0 Å². The highest BCUT2D eigenvalue weighted by atomic mass is 16.4. The molecule has 1 fully saturated rings. The topological polar surface area (TPSA) is 60.8 Å². The number of benzene rings is 1. The molecule has 0 aromatic heterocycles. The summed E-state index contributed by atoms with van der Waals surface area (Å²) in [6.45, 7) is 6.30. The van der Waals surface area contributed by atoms with Crippen LogP contribution in [-0.4, -0.2) is 40.4 Å². The molecule has 0 spiro atoms. The molecule has 1 aliphatic heterocycles. The zero-order valence-electron chi connectivity index (χ0n) is 12.3. The molecule has 2 N–H and O–H groups in total. The second-order valence-corrected chi connectivity index (χ2v) is 5.43. The van der Waals surface area contributed by atoms with Crippen molar-refractivity contribution >= 4 is 5.97 Å². The van der Waals surface area contributed by atoms with Gasteiger partial charge < -0.3 is 10.2 Å². The highest BCUT2D eigenvalue weighted by molar-refractivity contribution is 5.87. The summed E-state index contributed by atoms with van der Waals surface area (Å²) in [5, 5.41) is 18.1. The van der Waals surface area contributed by atoms with Crippen LogP contribution in [0, 0.1) is 5.92 Å². The van der Waals surface area contributed by atoms with Crippen LogP contribution in [0.1, 0.15) is 43.5 Å². The van der Waals surface area contributed by atoms with Gasteiger partial charge in [-0.15, -0.1) is 0 Å². The molecule has 1 atom stereocenters. The van der Waals surface area contributed by atoms with E-state index in [0.29, 0.717) is 11.5 Å². The molecule has 1 heterocycles. The van der Waals surface area contributed by atoms with Crippen molar-refractivity contribution < 1.29 is 15.0 Å². The number of hydrogen-bond donors (Lipinski definition) is 2. The van der Waals surface area contributed by atoms with E-state index in [0.717, 1.165) is 13.1 Å². The summed E-state index contributed by atoms with van der Waals surface area (Å²) < 4.78 is 0. The summed E-state index contributed by atoms with van der Waals surface area (Å²) >= 11 is 0. The highest BCUT2D eigenvalue weighted by Gasteiger charge is 2.20. The fourth-order valence-electron chi connectivity index (χ4n) is 2.19. The number of likely N-dealkylation sites (tertiary alicyclic amines) is 1. The van der Waals surface area contributed by atoms with Gasteiger partial charge in [0.25, 0.3) is 0 Å². The molecule has 1 unspecified atom stereocenters. The molecule has 4 heteroatoms. The minimum atomic E-state index is -0.879. The second-order valence-electron chi connectivity index (χ2n) is 5.43. The number of aromatic carboxylic acids is 1. The van der Waals surface area contributed by atoms with Crippen LogP contribution in [0.5, 0.6) is 0 Å². The molecule has 0 radical (unpaired) electrons. The van der Waals surface area contributed by atoms with Crippen molar-refractivity contribution in [3.63, 3.8) is 0 Å². The Morgan fingerprint density at radius 2 is 1.65 bits per heavy atom. The van der Waals surface area contributed by atoms with E-state index in [2.05, 4.69) is 18.7 Å². The summed E-state index contributed by atoms with van der Waals surface area (Å²) in [6.07, 6.45) is 3.63. The smallest absolute Gasteiger partial charge is 0.335 e. The summed E-state index contributed by atoms with van der Waals surface area (Å²) in [5.74, 6) is -0.510. The van der Waals surface area contributed by atoms with Gasteiger partial charge >= 0.3 is 5.97 Å². The number of carboxylic acids is 1. The van der Waals surface area contributed by atoms with E-state index >= 15 is 0 Å². The molecule has 4 nitrogen and oxygen atoms in total. The number of piperidine rings is 1. The van der Waals surface area contributed by atoms with Crippen molar-refractivity contribution in [2.75, 3.05) is 13.1 Å². The molecule has 1 aromatic carbocycles. The predicted octanol–water partition coefficient (Wildman–Crippen LogP) is 2.83. The van der Waals surface area contributed by atoms with Gasteiger partial charge in [-0.3, -0.25) is 4.90 Å². The standard InChI is InChI=1S/C9H19NO.C7H6O2/c1-8(2)9(11)10-6-4-3-5-7-10;8-7(9)6-4-2-1-3-5-6/h8-9,11H,3-7H2,1-2H3;1-5H,(H,8,9). The Labute approximate surface area is 121 Å². The molecule has 1 saturated heterocycles. The van der Waals surface area contributed by atoms with Crippen LogP contribution >= 0.6 is 0 Å². The maximum absolute atomic E-state index is 10.2. The van der Waals surface area contributed by atoms with Gasteiger partial charge in [-0.25, -0.2) is 4.79 Å². The molecule has 0 saturated carbocycles. The van der Waals surface area contributed by atoms with Crippen molar-refractivity contribution in [2.45, 2.75) is 39.3 Å². The van der Waals surface area contributed by atoms with Gasteiger partial charge in [-0.05, 0) is 30.9 Å². The van der Waals surface area contributed by atoms with Crippen LogP contribution in [0.3, 0.4) is 0 Å². The zero-order valence-corrected chi connectivity index (χ0v) is 12.3. The fraction of sp³-hybridized carbons (Fsp3) is 0.562. The van der Waals surface area contributed by atoms with Crippen LogP contribution < -0.4 is 0 Å². The van der Waals surface area contributed by atoms with Crippen LogP contribution in [0.2, 0.25) is 0 Å². The minimum Gasteiger partial charge on any atom is -0.478 e. The maximum Gasteiger partial charge on any atom is 0.335 e. The lowest BCUT2D eigenvalue weighted by atomic mass is 10.1. The molecule has 1 aliphatic rings. The quantitative estimate of drug-likeness (QED) is 0.893. The van der Waals surface area contributed by atoms with E-state index < -0.39 is 5.97 Å². The number of aliphatic hydroxyl groups is 1. The molecule has 0 amide bonds. The Kier molecular flexibility index (Phi) is 7.26. The lowest BCUT2D eigenvalue weighted by molar-refractivity contribution is -0.0390. The normalized spacial score (nSPS) is 17.2. The third kappa shape index (κ3) is 5.72. The largest absolute Gasteiger partial charge is 0.478 e. The Morgan fingerprint density at radius 3 is 2.05 bits per heavy atom. The van der Waals surface area contributed by atoms with Gasteiger partial charge in [-0.1, -0.05) is 38.5 Å². The van der Waals surface area contributed by atoms with Gasteiger partial charge in [0, 0.05) is 13.1 Å². The van der Waals surface area contributed by atoms with Gasteiger partial charge in [-0.2, -0.15) is 0 Å². The number of carbonyl (C=O) groups is 1. The predicted molar refractivity (Wildman–Crippen MR) is 79.7 cm³/mol. The first-order chi connectivity index (χ1) is 9.52. The van der Waals surface area contributed by atoms with E-state index in [1.807, 2.05) is 0 Å². The number of aliphatic hydroxyl groups excluding tert-OH is 1. The van der Waals surface area contributed by atoms with Crippen LogP contribution in [0.15, 0.2) is 30.3 Å². The number of rotatable bonds is 3. The van der Waals surface area contributed by atoms with Crippen molar-refractivity contribution in [1.29, 1.82) is 0 Å². The molecule has 0 aliphatic carbocycles. The van der Waals surface area contributed by atoms with E-state index in [1.165, 1.54) is 19.3 Å². The summed E-state index contributed by atoms with van der Waals surface area (Å²) in [4.78, 5) is 12.4. The molecule has 112 valence electrons. The summed E-state index contributed by atoms with van der Waals surface area (Å²) in [6, 6.07) is 8.30. The SMILES string of the molecule is CC(C)C(O)N1CCCCC1.O=C(O)c1ccccc1. The second kappa shape index (κ2) is 8.72. The average molecular weight is 279 g/mol. The Bertz CT molecular complexity index is 386. The number of carboxylic acid groups (broad SMARTS) is 1. The molecular weight excluding hydrogens is 254 g/mol. The van der Waals surface area contributed by atoms with Crippen LogP contribution in [0.25, 0.3) is 0 Å². The van der Waals surface area contributed by atoms with Crippen molar-refractivity contribution in [2.24, 2.45) is 5.92 Å². The first kappa shape index (κ1) is 16.7. The highest BCUT2D eigenvalue weighted by Crippen LogP contribution is 2.14. The average Bonchev–Trinajstić information content (AvgIpc) is 2.49. The van der Waals surface area contributed by atoms with Crippen molar-refractivity contribution in [3.05, 3.63) is 35.9 Å². The summed E-state index contributed by atoms with van der Waals surface area (Å²) in [5.41, 5.74) is 0.331. The Hall–Kier alpha value is -1.39. The zero-order chi connectivity index (χ0) is 15.0. The van der Waals surface area contributed by atoms with Crippen LogP contribution in [0.4, 0.5) is 0 Å². The third-order valence-corrected chi connectivity index (χ3v) is 3.38.